The number of carbonyl (C=O) groups excluding carboxylic acids is 2. The van der Waals surface area contributed by atoms with Crippen molar-refractivity contribution in [1.29, 1.82) is 0 Å². The largest absolute Gasteiger partial charge is 0.495 e. The molecule has 0 fully saturated rings. The molecule has 0 aromatic heterocycles. The number of nitrogens with zero attached hydrogens (tertiary/aromatic N) is 1. The lowest BCUT2D eigenvalue weighted by molar-refractivity contribution is -0.384. The lowest BCUT2D eigenvalue weighted by Gasteiger charge is -2.08. The van der Waals surface area contributed by atoms with Crippen LogP contribution in [0.2, 0.25) is 0 Å². The highest BCUT2D eigenvalue weighted by atomic mass is 16.6. The van der Waals surface area contributed by atoms with Crippen LogP contribution < -0.4 is 15.4 Å². The molecule has 0 saturated heterocycles. The van der Waals surface area contributed by atoms with Crippen LogP contribution in [0.25, 0.3) is 6.08 Å². The summed E-state index contributed by atoms with van der Waals surface area (Å²) >= 11 is 0. The number of benzene rings is 2. The fraction of sp³-hybridized carbons (Fsp3) is 0.111. The van der Waals surface area contributed by atoms with E-state index in [2.05, 4.69) is 10.6 Å². The maximum Gasteiger partial charge on any atom is 0.271 e. The lowest BCUT2D eigenvalue weighted by Crippen LogP contribution is -2.09. The highest BCUT2D eigenvalue weighted by Gasteiger charge is 2.12. The van der Waals surface area contributed by atoms with Gasteiger partial charge in [-0.2, -0.15) is 0 Å². The smallest absolute Gasteiger partial charge is 0.271 e. The number of carbonyl (C=O) groups is 2. The number of hydrogen-bond acceptors (Lipinski definition) is 5. The van der Waals surface area contributed by atoms with E-state index in [-0.39, 0.29) is 17.3 Å². The fourth-order valence-corrected chi connectivity index (χ4v) is 2.13. The molecule has 0 radical (unpaired) electrons. The van der Waals surface area contributed by atoms with Crippen molar-refractivity contribution < 1.29 is 19.2 Å². The van der Waals surface area contributed by atoms with E-state index in [9.17, 15) is 19.7 Å². The summed E-state index contributed by atoms with van der Waals surface area (Å²) in [7, 11) is 1.41. The van der Waals surface area contributed by atoms with Gasteiger partial charge in [0.25, 0.3) is 5.69 Å². The maximum absolute atomic E-state index is 12.1. The van der Waals surface area contributed by atoms with Crippen LogP contribution in [0.4, 0.5) is 17.1 Å². The summed E-state index contributed by atoms with van der Waals surface area (Å²) in [6, 6.07) is 10.8. The zero-order chi connectivity index (χ0) is 19.1. The van der Waals surface area contributed by atoms with Crippen LogP contribution in [0.5, 0.6) is 5.75 Å². The van der Waals surface area contributed by atoms with Crippen LogP contribution in [0.1, 0.15) is 12.5 Å². The van der Waals surface area contributed by atoms with E-state index in [0.29, 0.717) is 11.4 Å². The van der Waals surface area contributed by atoms with Gasteiger partial charge in [-0.05, 0) is 29.8 Å². The van der Waals surface area contributed by atoms with E-state index in [1.165, 1.54) is 38.3 Å². The Hall–Kier alpha value is -3.68. The zero-order valence-electron chi connectivity index (χ0n) is 14.2. The third-order valence-corrected chi connectivity index (χ3v) is 3.31. The molecule has 2 aromatic carbocycles. The first-order chi connectivity index (χ1) is 12.4. The molecule has 0 bridgehead atoms. The number of nitro benzene ring substituents is 1. The number of nitrogens with one attached hydrogen (secondary N) is 2. The first-order valence-electron chi connectivity index (χ1n) is 7.58. The predicted molar refractivity (Wildman–Crippen MR) is 98.1 cm³/mol. The van der Waals surface area contributed by atoms with Crippen molar-refractivity contribution in [3.63, 3.8) is 0 Å². The molecule has 2 rings (SSSR count). The molecular formula is C18H17N3O5. The molecule has 0 atom stereocenters. The Bertz CT molecular complexity index is 860. The van der Waals surface area contributed by atoms with Gasteiger partial charge >= 0.3 is 0 Å². The Kier molecular flexibility index (Phi) is 6.05. The molecule has 0 heterocycles. The van der Waals surface area contributed by atoms with Crippen LogP contribution in [-0.2, 0) is 9.59 Å². The Morgan fingerprint density at radius 2 is 1.81 bits per heavy atom. The van der Waals surface area contributed by atoms with Crippen LogP contribution in [-0.4, -0.2) is 23.8 Å². The second-order valence-electron chi connectivity index (χ2n) is 5.27. The standard InChI is InChI=1S/C18H17N3O5/c1-12(22)19-14-6-3-13(4-7-14)5-10-18(23)20-16-11-15(21(24)25)8-9-17(16)26-2/h3-11H,1-2H3,(H,19,22)(H,20,23)/b10-5+. The average molecular weight is 355 g/mol. The van der Waals surface area contributed by atoms with Crippen molar-refractivity contribution >= 4 is 35.0 Å². The van der Waals surface area contributed by atoms with Gasteiger partial charge in [-0.3, -0.25) is 19.7 Å². The summed E-state index contributed by atoms with van der Waals surface area (Å²) in [6.45, 7) is 1.42. The van der Waals surface area contributed by atoms with Gasteiger partial charge in [-0.1, -0.05) is 12.1 Å². The highest BCUT2D eigenvalue weighted by molar-refractivity contribution is 6.03. The van der Waals surface area contributed by atoms with Gasteiger partial charge < -0.3 is 15.4 Å². The molecule has 0 unspecified atom stereocenters. The molecule has 8 nitrogen and oxygen atoms in total. The molecular weight excluding hydrogens is 338 g/mol. The minimum atomic E-state index is -0.554. The number of non-ortho nitro benzene ring substituents is 1. The summed E-state index contributed by atoms with van der Waals surface area (Å²) in [5, 5.41) is 16.1. The van der Waals surface area contributed by atoms with E-state index in [0.717, 1.165) is 5.56 Å². The molecule has 2 N–H and O–H groups in total. The summed E-state index contributed by atoms with van der Waals surface area (Å²) < 4.78 is 5.09. The predicted octanol–water partition coefficient (Wildman–Crippen LogP) is 3.21. The lowest BCUT2D eigenvalue weighted by atomic mass is 10.2. The molecule has 26 heavy (non-hydrogen) atoms. The normalized spacial score (nSPS) is 10.4. The van der Waals surface area contributed by atoms with Crippen LogP contribution in [0.3, 0.4) is 0 Å². The number of ether oxygens (including phenoxy) is 1. The van der Waals surface area contributed by atoms with Crippen LogP contribution in [0.15, 0.2) is 48.5 Å². The second-order valence-corrected chi connectivity index (χ2v) is 5.27. The first kappa shape index (κ1) is 18.7. The van der Waals surface area contributed by atoms with Crippen LogP contribution >= 0.6 is 0 Å². The van der Waals surface area contributed by atoms with Crippen molar-refractivity contribution in [2.45, 2.75) is 6.92 Å². The molecule has 2 aromatic rings. The SMILES string of the molecule is COc1ccc([N+](=O)[O-])cc1NC(=O)/C=C/c1ccc(NC(C)=O)cc1. The Labute approximate surface area is 149 Å². The quantitative estimate of drug-likeness (QED) is 0.469. The van der Waals surface area contributed by atoms with Gasteiger partial charge in [-0.25, -0.2) is 0 Å². The molecule has 8 heteroatoms. The van der Waals surface area contributed by atoms with E-state index in [1.807, 2.05) is 0 Å². The molecule has 0 aliphatic heterocycles. The maximum atomic E-state index is 12.1. The number of rotatable bonds is 6. The Morgan fingerprint density at radius 1 is 1.12 bits per heavy atom. The van der Waals surface area contributed by atoms with Gasteiger partial charge in [0, 0.05) is 30.8 Å². The number of anilines is 2. The fourth-order valence-electron chi connectivity index (χ4n) is 2.13. The minimum absolute atomic E-state index is 0.154. The third kappa shape index (κ3) is 5.17. The van der Waals surface area contributed by atoms with Crippen molar-refractivity contribution in [2.75, 3.05) is 17.7 Å². The number of methoxy groups -OCH3 is 1. The number of hydrogen-bond donors (Lipinski definition) is 2. The van der Waals surface area contributed by atoms with Gasteiger partial charge in [0.2, 0.25) is 11.8 Å². The molecule has 0 spiro atoms. The van der Waals surface area contributed by atoms with Gasteiger partial charge in [0.15, 0.2) is 0 Å². The summed E-state index contributed by atoms with van der Waals surface area (Å²) in [5.41, 5.74) is 1.46. The zero-order valence-corrected chi connectivity index (χ0v) is 14.2. The van der Waals surface area contributed by atoms with E-state index < -0.39 is 10.8 Å². The van der Waals surface area contributed by atoms with Crippen molar-refractivity contribution in [3.8, 4) is 5.75 Å². The molecule has 0 aliphatic rings. The summed E-state index contributed by atoms with van der Waals surface area (Å²) in [5.74, 6) is -0.315. The molecule has 0 aliphatic carbocycles. The number of amides is 2. The van der Waals surface area contributed by atoms with E-state index >= 15 is 0 Å². The number of nitro groups is 1. The van der Waals surface area contributed by atoms with E-state index in [4.69, 9.17) is 4.74 Å². The monoisotopic (exact) mass is 355 g/mol. The second kappa shape index (κ2) is 8.43. The van der Waals surface area contributed by atoms with E-state index in [1.54, 1.807) is 30.3 Å². The first-order valence-corrected chi connectivity index (χ1v) is 7.58. The van der Waals surface area contributed by atoms with Gasteiger partial charge in [-0.15, -0.1) is 0 Å². The molecule has 0 saturated carbocycles. The topological polar surface area (TPSA) is 111 Å². The average Bonchev–Trinajstić information content (AvgIpc) is 2.60. The minimum Gasteiger partial charge on any atom is -0.495 e. The van der Waals surface area contributed by atoms with Gasteiger partial charge in [0.05, 0.1) is 17.7 Å². The van der Waals surface area contributed by atoms with Gasteiger partial charge in [0.1, 0.15) is 5.75 Å². The Morgan fingerprint density at radius 3 is 2.38 bits per heavy atom. The third-order valence-electron chi connectivity index (χ3n) is 3.31. The highest BCUT2D eigenvalue weighted by Crippen LogP contribution is 2.28. The molecule has 2 amide bonds. The van der Waals surface area contributed by atoms with Crippen molar-refractivity contribution in [2.24, 2.45) is 0 Å². The molecule has 134 valence electrons. The summed E-state index contributed by atoms with van der Waals surface area (Å²) in [6.07, 6.45) is 2.88. The van der Waals surface area contributed by atoms with Crippen LogP contribution in [0, 0.1) is 10.1 Å². The Balaban J connectivity index is 2.08. The van der Waals surface area contributed by atoms with Crippen molar-refractivity contribution in [1.82, 2.24) is 0 Å². The summed E-state index contributed by atoms with van der Waals surface area (Å²) in [4.78, 5) is 33.3. The van der Waals surface area contributed by atoms with Crippen molar-refractivity contribution in [3.05, 3.63) is 64.2 Å².